The van der Waals surface area contributed by atoms with Crippen molar-refractivity contribution in [1.82, 2.24) is 9.21 Å². The molecule has 2 aliphatic heterocycles. The minimum absolute atomic E-state index is 0.149. The van der Waals surface area contributed by atoms with Crippen LogP contribution >= 0.6 is 0 Å². The van der Waals surface area contributed by atoms with E-state index in [0.717, 1.165) is 35.7 Å². The first-order valence-corrected chi connectivity index (χ1v) is 9.54. The fourth-order valence-electron chi connectivity index (χ4n) is 3.33. The van der Waals surface area contributed by atoms with Crippen molar-refractivity contribution in [2.45, 2.75) is 42.8 Å². The standard InChI is InChI=1S/C16H20F2N2O3S/c17-12-5-4-6-14(9-12)24(22,23)20-11-13(18)10-15(20)16(21)19-7-2-1-3-8-19/h4-6,9,13,15H,1-3,7-8,10-11H2/t13-,15-/m0/s1. The summed E-state index contributed by atoms with van der Waals surface area (Å²) in [6.45, 7) is 0.767. The fourth-order valence-corrected chi connectivity index (χ4v) is 4.99. The Bertz CT molecular complexity index is 720. The summed E-state index contributed by atoms with van der Waals surface area (Å²) in [5.74, 6) is -1.04. The zero-order chi connectivity index (χ0) is 17.3. The first kappa shape index (κ1) is 17.3. The average molecular weight is 358 g/mol. The van der Waals surface area contributed by atoms with Crippen molar-refractivity contribution in [3.8, 4) is 0 Å². The monoisotopic (exact) mass is 358 g/mol. The second-order valence-electron chi connectivity index (χ2n) is 6.27. The largest absolute Gasteiger partial charge is 0.341 e. The minimum Gasteiger partial charge on any atom is -0.341 e. The molecule has 0 saturated carbocycles. The number of piperidine rings is 1. The van der Waals surface area contributed by atoms with Crippen LogP contribution < -0.4 is 0 Å². The van der Waals surface area contributed by atoms with Gasteiger partial charge in [0.05, 0.1) is 4.90 Å². The summed E-state index contributed by atoms with van der Waals surface area (Å²) >= 11 is 0. The zero-order valence-corrected chi connectivity index (χ0v) is 14.0. The maximum atomic E-state index is 13.9. The third-order valence-electron chi connectivity index (χ3n) is 4.56. The zero-order valence-electron chi connectivity index (χ0n) is 13.2. The molecule has 0 radical (unpaired) electrons. The summed E-state index contributed by atoms with van der Waals surface area (Å²) in [5, 5.41) is 0. The van der Waals surface area contributed by atoms with Gasteiger partial charge in [-0.3, -0.25) is 4.79 Å². The number of alkyl halides is 1. The summed E-state index contributed by atoms with van der Waals surface area (Å²) in [5.41, 5.74) is 0. The van der Waals surface area contributed by atoms with Gasteiger partial charge >= 0.3 is 0 Å². The Morgan fingerprint density at radius 3 is 2.54 bits per heavy atom. The molecular formula is C16H20F2N2O3S. The summed E-state index contributed by atoms with van der Waals surface area (Å²) in [4.78, 5) is 14.0. The van der Waals surface area contributed by atoms with Gasteiger partial charge in [-0.05, 0) is 37.5 Å². The molecule has 5 nitrogen and oxygen atoms in total. The van der Waals surface area contributed by atoms with Crippen molar-refractivity contribution >= 4 is 15.9 Å². The number of benzene rings is 1. The smallest absolute Gasteiger partial charge is 0.244 e. The lowest BCUT2D eigenvalue weighted by Gasteiger charge is -2.32. The number of sulfonamides is 1. The first-order chi connectivity index (χ1) is 11.4. The van der Waals surface area contributed by atoms with Crippen molar-refractivity contribution in [3.05, 3.63) is 30.1 Å². The number of amides is 1. The van der Waals surface area contributed by atoms with E-state index in [9.17, 15) is 22.0 Å². The Balaban J connectivity index is 1.88. The van der Waals surface area contributed by atoms with E-state index in [-0.39, 0.29) is 23.8 Å². The number of halogens is 2. The Morgan fingerprint density at radius 2 is 1.88 bits per heavy atom. The predicted molar refractivity (Wildman–Crippen MR) is 84.0 cm³/mol. The van der Waals surface area contributed by atoms with E-state index in [0.29, 0.717) is 13.1 Å². The van der Waals surface area contributed by atoms with E-state index in [4.69, 9.17) is 0 Å². The predicted octanol–water partition coefficient (Wildman–Crippen LogP) is 1.94. The number of likely N-dealkylation sites (tertiary alicyclic amines) is 1. The van der Waals surface area contributed by atoms with Gasteiger partial charge in [0.1, 0.15) is 18.0 Å². The van der Waals surface area contributed by atoms with Crippen LogP contribution in [0.15, 0.2) is 29.2 Å². The Labute approximate surface area is 140 Å². The van der Waals surface area contributed by atoms with E-state index >= 15 is 0 Å². The summed E-state index contributed by atoms with van der Waals surface area (Å²) < 4.78 is 53.7. The molecule has 24 heavy (non-hydrogen) atoms. The van der Waals surface area contributed by atoms with E-state index in [1.165, 1.54) is 12.1 Å². The van der Waals surface area contributed by atoms with Gasteiger partial charge < -0.3 is 4.90 Å². The quantitative estimate of drug-likeness (QED) is 0.830. The molecular weight excluding hydrogens is 338 g/mol. The van der Waals surface area contributed by atoms with Crippen LogP contribution in [0, 0.1) is 5.82 Å². The molecule has 2 fully saturated rings. The van der Waals surface area contributed by atoms with Crippen LogP contribution in [-0.2, 0) is 14.8 Å². The number of hydrogen-bond acceptors (Lipinski definition) is 3. The molecule has 0 unspecified atom stereocenters. The molecule has 2 saturated heterocycles. The second kappa shape index (κ2) is 6.76. The molecule has 2 atom stereocenters. The number of carbonyl (C=O) groups is 1. The van der Waals surface area contributed by atoms with Crippen LogP contribution in [0.1, 0.15) is 25.7 Å². The van der Waals surface area contributed by atoms with Crippen LogP contribution in [0.25, 0.3) is 0 Å². The molecule has 0 spiro atoms. The Hall–Kier alpha value is -1.54. The SMILES string of the molecule is O=C([C@@H]1C[C@H](F)CN1S(=O)(=O)c1cccc(F)c1)N1CCCCC1. The molecule has 3 rings (SSSR count). The molecule has 1 aromatic rings. The third-order valence-corrected chi connectivity index (χ3v) is 6.43. The summed E-state index contributed by atoms with van der Waals surface area (Å²) in [6, 6.07) is 3.52. The van der Waals surface area contributed by atoms with Crippen LogP contribution in [0.5, 0.6) is 0 Å². The first-order valence-electron chi connectivity index (χ1n) is 8.10. The molecule has 1 amide bonds. The highest BCUT2D eigenvalue weighted by atomic mass is 32.2. The highest BCUT2D eigenvalue weighted by Gasteiger charge is 2.45. The van der Waals surface area contributed by atoms with Gasteiger partial charge in [-0.15, -0.1) is 0 Å². The van der Waals surface area contributed by atoms with E-state index < -0.39 is 28.1 Å². The molecule has 8 heteroatoms. The van der Waals surface area contributed by atoms with E-state index in [1.54, 1.807) is 4.90 Å². The molecule has 2 aliphatic rings. The third kappa shape index (κ3) is 3.30. The highest BCUT2D eigenvalue weighted by molar-refractivity contribution is 7.89. The van der Waals surface area contributed by atoms with E-state index in [2.05, 4.69) is 0 Å². The van der Waals surface area contributed by atoms with Gasteiger partial charge in [0.15, 0.2) is 0 Å². The molecule has 2 heterocycles. The number of hydrogen-bond donors (Lipinski definition) is 0. The Kier molecular flexibility index (Phi) is 4.87. The van der Waals surface area contributed by atoms with Gasteiger partial charge in [-0.25, -0.2) is 17.2 Å². The average Bonchev–Trinajstić information content (AvgIpc) is 2.97. The van der Waals surface area contributed by atoms with E-state index in [1.807, 2.05) is 0 Å². The van der Waals surface area contributed by atoms with Crippen molar-refractivity contribution in [1.29, 1.82) is 0 Å². The topological polar surface area (TPSA) is 57.7 Å². The lowest BCUT2D eigenvalue weighted by molar-refractivity contribution is -0.135. The highest BCUT2D eigenvalue weighted by Crippen LogP contribution is 2.30. The van der Waals surface area contributed by atoms with Crippen molar-refractivity contribution < 1.29 is 22.0 Å². The molecule has 132 valence electrons. The Morgan fingerprint density at radius 1 is 1.17 bits per heavy atom. The van der Waals surface area contributed by atoms with Crippen molar-refractivity contribution in [2.24, 2.45) is 0 Å². The van der Waals surface area contributed by atoms with Gasteiger partial charge in [-0.2, -0.15) is 4.31 Å². The molecule has 0 aliphatic carbocycles. The van der Waals surface area contributed by atoms with Crippen molar-refractivity contribution in [3.63, 3.8) is 0 Å². The lowest BCUT2D eigenvalue weighted by atomic mass is 10.1. The van der Waals surface area contributed by atoms with Crippen LogP contribution in [0.2, 0.25) is 0 Å². The summed E-state index contributed by atoms with van der Waals surface area (Å²) in [6.07, 6.45) is 1.23. The number of nitrogens with zero attached hydrogens (tertiary/aromatic N) is 2. The van der Waals surface area contributed by atoms with Crippen LogP contribution in [0.4, 0.5) is 8.78 Å². The molecule has 0 aromatic heterocycles. The van der Waals surface area contributed by atoms with Crippen LogP contribution in [-0.4, -0.2) is 55.4 Å². The van der Waals surface area contributed by atoms with Gasteiger partial charge in [0.25, 0.3) is 0 Å². The minimum atomic E-state index is -4.12. The van der Waals surface area contributed by atoms with Crippen LogP contribution in [0.3, 0.4) is 0 Å². The van der Waals surface area contributed by atoms with Gasteiger partial charge in [0.2, 0.25) is 15.9 Å². The normalized spacial score (nSPS) is 25.8. The molecule has 0 bridgehead atoms. The maximum absolute atomic E-state index is 13.9. The van der Waals surface area contributed by atoms with Gasteiger partial charge in [0, 0.05) is 26.1 Å². The summed E-state index contributed by atoms with van der Waals surface area (Å²) in [7, 11) is -4.12. The number of rotatable bonds is 3. The van der Waals surface area contributed by atoms with Gasteiger partial charge in [-0.1, -0.05) is 6.07 Å². The number of carbonyl (C=O) groups excluding carboxylic acids is 1. The molecule has 0 N–H and O–H groups in total. The van der Waals surface area contributed by atoms with Crippen molar-refractivity contribution in [2.75, 3.05) is 19.6 Å². The maximum Gasteiger partial charge on any atom is 0.244 e. The fraction of sp³-hybridized carbons (Fsp3) is 0.562. The second-order valence-corrected chi connectivity index (χ2v) is 8.16. The lowest BCUT2D eigenvalue weighted by Crippen LogP contribution is -2.49. The molecule has 1 aromatic carbocycles.